The normalized spacial score (nSPS) is 12.4. The number of rotatable bonds is 5. The van der Waals surface area contributed by atoms with Crippen LogP contribution in [-0.4, -0.2) is 7.11 Å². The summed E-state index contributed by atoms with van der Waals surface area (Å²) in [5.74, 6) is 0.943. The summed E-state index contributed by atoms with van der Waals surface area (Å²) in [5.41, 5.74) is 1.19. The maximum absolute atomic E-state index is 5.33. The molecule has 2 aromatic rings. The monoisotopic (exact) mass is 247 g/mol. The summed E-state index contributed by atoms with van der Waals surface area (Å²) in [5, 5.41) is 5.61. The lowest BCUT2D eigenvalue weighted by Gasteiger charge is -2.14. The first-order chi connectivity index (χ1) is 8.31. The average molecular weight is 247 g/mol. The van der Waals surface area contributed by atoms with Gasteiger partial charge in [-0.15, -0.1) is 11.3 Å². The van der Waals surface area contributed by atoms with E-state index in [-0.39, 0.29) is 0 Å². The molecule has 1 unspecified atom stereocenters. The van der Waals surface area contributed by atoms with Gasteiger partial charge in [-0.25, -0.2) is 0 Å². The van der Waals surface area contributed by atoms with Crippen LogP contribution in [0.1, 0.15) is 23.4 Å². The first-order valence-corrected chi connectivity index (χ1v) is 6.58. The van der Waals surface area contributed by atoms with E-state index in [4.69, 9.17) is 4.74 Å². The van der Waals surface area contributed by atoms with Crippen molar-refractivity contribution in [1.82, 2.24) is 5.32 Å². The van der Waals surface area contributed by atoms with Gasteiger partial charge in [-0.1, -0.05) is 24.3 Å². The van der Waals surface area contributed by atoms with Gasteiger partial charge in [0, 0.05) is 23.0 Å². The quantitative estimate of drug-likeness (QED) is 0.871. The second-order valence-corrected chi connectivity index (χ2v) is 4.91. The van der Waals surface area contributed by atoms with Crippen molar-refractivity contribution < 1.29 is 4.74 Å². The first kappa shape index (κ1) is 12.1. The van der Waals surface area contributed by atoms with Crippen LogP contribution in [0.4, 0.5) is 0 Å². The van der Waals surface area contributed by atoms with Gasteiger partial charge >= 0.3 is 0 Å². The molecule has 17 heavy (non-hydrogen) atoms. The van der Waals surface area contributed by atoms with Crippen LogP contribution in [0.25, 0.3) is 0 Å². The molecule has 2 nitrogen and oxygen atoms in total. The number of methoxy groups -OCH3 is 1. The lowest BCUT2D eigenvalue weighted by Crippen LogP contribution is -2.17. The third kappa shape index (κ3) is 3.08. The minimum Gasteiger partial charge on any atom is -0.496 e. The fourth-order valence-electron chi connectivity index (χ4n) is 1.75. The summed E-state index contributed by atoms with van der Waals surface area (Å²) in [6.45, 7) is 3.00. The fourth-order valence-corrected chi connectivity index (χ4v) is 2.51. The predicted molar refractivity (Wildman–Crippen MR) is 72.6 cm³/mol. The summed E-state index contributed by atoms with van der Waals surface area (Å²) in [6, 6.07) is 12.7. The Kier molecular flexibility index (Phi) is 4.18. The Balaban J connectivity index is 1.98. The summed E-state index contributed by atoms with van der Waals surface area (Å²) in [4.78, 5) is 1.36. The zero-order valence-corrected chi connectivity index (χ0v) is 11.0. The van der Waals surface area contributed by atoms with Crippen molar-refractivity contribution in [2.45, 2.75) is 19.5 Å². The van der Waals surface area contributed by atoms with Gasteiger partial charge in [0.2, 0.25) is 0 Å². The van der Waals surface area contributed by atoms with Crippen molar-refractivity contribution in [3.8, 4) is 5.75 Å². The summed E-state index contributed by atoms with van der Waals surface area (Å²) >= 11 is 1.78. The van der Waals surface area contributed by atoms with Crippen LogP contribution in [0.15, 0.2) is 41.8 Å². The smallest absolute Gasteiger partial charge is 0.123 e. The molecule has 0 bridgehead atoms. The van der Waals surface area contributed by atoms with Crippen LogP contribution in [0.5, 0.6) is 5.75 Å². The largest absolute Gasteiger partial charge is 0.496 e. The van der Waals surface area contributed by atoms with E-state index in [0.29, 0.717) is 6.04 Å². The molecule has 0 aliphatic carbocycles. The molecule has 1 aromatic carbocycles. The molecule has 0 aliphatic rings. The van der Waals surface area contributed by atoms with Crippen LogP contribution in [0, 0.1) is 0 Å². The third-order valence-corrected chi connectivity index (χ3v) is 3.82. The van der Waals surface area contributed by atoms with E-state index in [1.54, 1.807) is 18.4 Å². The van der Waals surface area contributed by atoms with Gasteiger partial charge in [0.15, 0.2) is 0 Å². The molecule has 90 valence electrons. The molecule has 0 aliphatic heterocycles. The molecule has 1 N–H and O–H groups in total. The number of hydrogen-bond acceptors (Lipinski definition) is 3. The van der Waals surface area contributed by atoms with E-state index in [1.807, 2.05) is 18.2 Å². The molecule has 1 atom stereocenters. The molecule has 1 heterocycles. The Bertz CT molecular complexity index is 453. The lowest BCUT2D eigenvalue weighted by molar-refractivity contribution is 0.406. The Morgan fingerprint density at radius 3 is 2.76 bits per heavy atom. The van der Waals surface area contributed by atoms with Crippen molar-refractivity contribution in [2.24, 2.45) is 0 Å². The zero-order valence-electron chi connectivity index (χ0n) is 10.1. The Morgan fingerprint density at radius 2 is 2.06 bits per heavy atom. The van der Waals surface area contributed by atoms with Crippen LogP contribution < -0.4 is 10.1 Å². The maximum Gasteiger partial charge on any atom is 0.123 e. The molecular formula is C14H17NOS. The van der Waals surface area contributed by atoms with Crippen molar-refractivity contribution in [3.05, 3.63) is 52.2 Å². The number of thiophene rings is 1. The second kappa shape index (κ2) is 5.84. The Morgan fingerprint density at radius 1 is 1.24 bits per heavy atom. The number of nitrogens with one attached hydrogen (secondary N) is 1. The molecule has 0 amide bonds. The van der Waals surface area contributed by atoms with Gasteiger partial charge in [-0.2, -0.15) is 0 Å². The number of hydrogen-bond donors (Lipinski definition) is 1. The molecular weight excluding hydrogens is 230 g/mol. The van der Waals surface area contributed by atoms with Crippen LogP contribution in [0.3, 0.4) is 0 Å². The van der Waals surface area contributed by atoms with Crippen LogP contribution in [-0.2, 0) is 6.54 Å². The second-order valence-electron chi connectivity index (χ2n) is 3.93. The fraction of sp³-hybridized carbons (Fsp3) is 0.286. The average Bonchev–Trinajstić information content (AvgIpc) is 2.90. The van der Waals surface area contributed by atoms with Crippen LogP contribution in [0.2, 0.25) is 0 Å². The number of ether oxygens (including phenoxy) is 1. The highest BCUT2D eigenvalue weighted by atomic mass is 32.1. The minimum atomic E-state index is 0.375. The topological polar surface area (TPSA) is 21.3 Å². The van der Waals surface area contributed by atoms with Crippen molar-refractivity contribution in [1.29, 1.82) is 0 Å². The molecule has 0 saturated carbocycles. The molecule has 0 radical (unpaired) electrons. The SMILES string of the molecule is COc1ccccc1CNC(C)c1cccs1. The number of para-hydroxylation sites is 1. The Labute approximate surface area is 106 Å². The van der Waals surface area contributed by atoms with Crippen molar-refractivity contribution in [2.75, 3.05) is 7.11 Å². The lowest BCUT2D eigenvalue weighted by atomic mass is 10.2. The van der Waals surface area contributed by atoms with Crippen molar-refractivity contribution >= 4 is 11.3 Å². The molecule has 2 rings (SSSR count). The number of benzene rings is 1. The molecule has 1 aromatic heterocycles. The van der Waals surface area contributed by atoms with E-state index < -0.39 is 0 Å². The van der Waals surface area contributed by atoms with Gasteiger partial charge in [0.1, 0.15) is 5.75 Å². The van der Waals surface area contributed by atoms with E-state index in [2.05, 4.69) is 35.8 Å². The summed E-state index contributed by atoms with van der Waals surface area (Å²) < 4.78 is 5.33. The zero-order chi connectivity index (χ0) is 12.1. The Hall–Kier alpha value is -1.32. The van der Waals surface area contributed by atoms with E-state index in [0.717, 1.165) is 12.3 Å². The summed E-state index contributed by atoms with van der Waals surface area (Å²) in [6.07, 6.45) is 0. The van der Waals surface area contributed by atoms with Gasteiger partial charge in [-0.3, -0.25) is 0 Å². The molecule has 0 spiro atoms. The molecule has 0 fully saturated rings. The van der Waals surface area contributed by atoms with Gasteiger partial charge < -0.3 is 10.1 Å². The highest BCUT2D eigenvalue weighted by Gasteiger charge is 2.07. The van der Waals surface area contributed by atoms with Gasteiger partial charge in [-0.05, 0) is 24.4 Å². The van der Waals surface area contributed by atoms with E-state index in [9.17, 15) is 0 Å². The highest BCUT2D eigenvalue weighted by molar-refractivity contribution is 7.10. The highest BCUT2D eigenvalue weighted by Crippen LogP contribution is 2.21. The van der Waals surface area contributed by atoms with Crippen LogP contribution >= 0.6 is 11.3 Å². The van der Waals surface area contributed by atoms with E-state index in [1.165, 1.54) is 10.4 Å². The summed E-state index contributed by atoms with van der Waals surface area (Å²) in [7, 11) is 1.71. The van der Waals surface area contributed by atoms with Gasteiger partial charge in [0.25, 0.3) is 0 Å². The van der Waals surface area contributed by atoms with Gasteiger partial charge in [0.05, 0.1) is 7.11 Å². The molecule has 3 heteroatoms. The third-order valence-electron chi connectivity index (χ3n) is 2.76. The minimum absolute atomic E-state index is 0.375. The van der Waals surface area contributed by atoms with E-state index >= 15 is 0 Å². The molecule has 0 saturated heterocycles. The first-order valence-electron chi connectivity index (χ1n) is 5.70. The maximum atomic E-state index is 5.33. The van der Waals surface area contributed by atoms with Crippen molar-refractivity contribution in [3.63, 3.8) is 0 Å². The standard InChI is InChI=1S/C14H17NOS/c1-11(14-8-5-9-17-14)15-10-12-6-3-4-7-13(12)16-2/h3-9,11,15H,10H2,1-2H3. The predicted octanol–water partition coefficient (Wildman–Crippen LogP) is 3.61.